The fourth-order valence-electron chi connectivity index (χ4n) is 2.75. The lowest BCUT2D eigenvalue weighted by atomic mass is 10.0. The van der Waals surface area contributed by atoms with Gasteiger partial charge in [0.05, 0.1) is 22.9 Å². The second-order valence-electron chi connectivity index (χ2n) is 5.35. The highest BCUT2D eigenvalue weighted by molar-refractivity contribution is 7.20. The van der Waals surface area contributed by atoms with E-state index < -0.39 is 11.9 Å². The zero-order chi connectivity index (χ0) is 15.5. The van der Waals surface area contributed by atoms with Gasteiger partial charge in [-0.1, -0.05) is 12.5 Å². The maximum absolute atomic E-state index is 12.1. The number of hydrogen-bond acceptors (Lipinski definition) is 5. The van der Waals surface area contributed by atoms with Crippen LogP contribution in [0.2, 0.25) is 0 Å². The number of carbonyl (C=O) groups is 2. The van der Waals surface area contributed by atoms with Gasteiger partial charge >= 0.3 is 5.97 Å². The summed E-state index contributed by atoms with van der Waals surface area (Å²) in [6.45, 7) is 0. The topological polar surface area (TPSA) is 79.3 Å². The Morgan fingerprint density at radius 2 is 2.23 bits per heavy atom. The molecule has 1 fully saturated rings. The number of nitrogens with one attached hydrogen (secondary N) is 1. The largest absolute Gasteiger partial charge is 0.481 e. The predicted molar refractivity (Wildman–Crippen MR) is 86.0 cm³/mol. The van der Waals surface area contributed by atoms with Crippen molar-refractivity contribution in [3.05, 3.63) is 28.6 Å². The molecule has 22 heavy (non-hydrogen) atoms. The van der Waals surface area contributed by atoms with Gasteiger partial charge in [-0.25, -0.2) is 4.98 Å². The highest BCUT2D eigenvalue weighted by Gasteiger charge is 2.33. The van der Waals surface area contributed by atoms with E-state index in [0.717, 1.165) is 28.4 Å². The summed E-state index contributed by atoms with van der Waals surface area (Å²) in [6.07, 6.45) is 2.42. The maximum atomic E-state index is 12.1. The molecule has 0 radical (unpaired) electrons. The molecule has 2 aromatic heterocycles. The number of carbonyl (C=O) groups excluding carboxylic acids is 1. The number of amides is 1. The highest BCUT2D eigenvalue weighted by atomic mass is 32.1. The Kier molecular flexibility index (Phi) is 4.54. The first-order valence-electron chi connectivity index (χ1n) is 7.14. The average molecular weight is 336 g/mol. The summed E-state index contributed by atoms with van der Waals surface area (Å²) < 4.78 is 0. The molecule has 0 bridgehead atoms. The molecular formula is C15H16N2O3S2. The minimum absolute atomic E-state index is 0.152. The minimum atomic E-state index is -0.823. The van der Waals surface area contributed by atoms with E-state index in [9.17, 15) is 9.59 Å². The van der Waals surface area contributed by atoms with Crippen molar-refractivity contribution in [1.29, 1.82) is 0 Å². The molecule has 5 nitrogen and oxygen atoms in total. The van der Waals surface area contributed by atoms with Crippen LogP contribution in [0.5, 0.6) is 0 Å². The van der Waals surface area contributed by atoms with Crippen LogP contribution in [-0.4, -0.2) is 28.0 Å². The van der Waals surface area contributed by atoms with E-state index in [1.54, 1.807) is 11.3 Å². The van der Waals surface area contributed by atoms with Gasteiger partial charge in [0.2, 0.25) is 5.91 Å². The molecule has 1 aliphatic carbocycles. The van der Waals surface area contributed by atoms with Gasteiger partial charge in [0.25, 0.3) is 0 Å². The second-order valence-corrected chi connectivity index (χ2v) is 7.15. The van der Waals surface area contributed by atoms with Gasteiger partial charge < -0.3 is 10.4 Å². The van der Waals surface area contributed by atoms with E-state index in [0.29, 0.717) is 6.42 Å². The van der Waals surface area contributed by atoms with E-state index >= 15 is 0 Å². The zero-order valence-electron chi connectivity index (χ0n) is 11.8. The molecule has 0 saturated heterocycles. The molecule has 0 spiro atoms. The van der Waals surface area contributed by atoms with Gasteiger partial charge in [-0.05, 0) is 24.3 Å². The predicted octanol–water partition coefficient (Wildman–Crippen LogP) is 2.78. The summed E-state index contributed by atoms with van der Waals surface area (Å²) in [5, 5.41) is 16.8. The van der Waals surface area contributed by atoms with Crippen LogP contribution >= 0.6 is 22.7 Å². The van der Waals surface area contributed by atoms with Crippen LogP contribution in [-0.2, 0) is 16.0 Å². The summed E-state index contributed by atoms with van der Waals surface area (Å²) in [7, 11) is 0. The summed E-state index contributed by atoms with van der Waals surface area (Å²) in [4.78, 5) is 28.8. The van der Waals surface area contributed by atoms with Crippen LogP contribution in [0.15, 0.2) is 22.9 Å². The number of carboxylic acid groups (broad SMARTS) is 1. The fraction of sp³-hybridized carbons (Fsp3) is 0.400. The van der Waals surface area contributed by atoms with Crippen molar-refractivity contribution in [2.75, 3.05) is 0 Å². The Balaban J connectivity index is 1.59. The van der Waals surface area contributed by atoms with Crippen molar-refractivity contribution in [2.24, 2.45) is 5.92 Å². The van der Waals surface area contributed by atoms with Crippen molar-refractivity contribution in [2.45, 2.75) is 31.7 Å². The number of aromatic nitrogens is 1. The normalized spacial score (nSPS) is 20.9. The molecule has 2 aromatic rings. The number of carboxylic acids is 1. The molecule has 3 rings (SSSR count). The Labute approximate surface area is 136 Å². The lowest BCUT2D eigenvalue weighted by molar-refractivity contribution is -0.142. The Hall–Kier alpha value is -1.73. The third-order valence-corrected chi connectivity index (χ3v) is 5.74. The van der Waals surface area contributed by atoms with Gasteiger partial charge in [-0.3, -0.25) is 9.59 Å². The molecule has 7 heteroatoms. The molecule has 2 atom stereocenters. The van der Waals surface area contributed by atoms with Crippen molar-refractivity contribution in [3.8, 4) is 9.88 Å². The Morgan fingerprint density at radius 1 is 1.36 bits per heavy atom. The van der Waals surface area contributed by atoms with E-state index in [1.165, 1.54) is 11.3 Å². The molecule has 0 aromatic carbocycles. The lowest BCUT2D eigenvalue weighted by Gasteiger charge is -2.17. The second kappa shape index (κ2) is 6.58. The summed E-state index contributed by atoms with van der Waals surface area (Å²) in [5.74, 6) is -1.43. The number of thiophene rings is 1. The minimum Gasteiger partial charge on any atom is -0.481 e. The summed E-state index contributed by atoms with van der Waals surface area (Å²) in [6, 6.07) is 3.73. The molecule has 1 saturated carbocycles. The third-order valence-electron chi connectivity index (χ3n) is 3.80. The SMILES string of the molecule is O=C(Cc1csc(-c2cccs2)n1)N[C@H]1CCC[C@H]1C(=O)O. The van der Waals surface area contributed by atoms with Crippen LogP contribution in [0, 0.1) is 5.92 Å². The van der Waals surface area contributed by atoms with Crippen LogP contribution in [0.1, 0.15) is 25.0 Å². The van der Waals surface area contributed by atoms with Crippen molar-refractivity contribution in [1.82, 2.24) is 10.3 Å². The van der Waals surface area contributed by atoms with E-state index in [2.05, 4.69) is 10.3 Å². The van der Waals surface area contributed by atoms with Crippen LogP contribution in [0.3, 0.4) is 0 Å². The average Bonchev–Trinajstić information content (AvgIpc) is 3.18. The van der Waals surface area contributed by atoms with Crippen molar-refractivity contribution in [3.63, 3.8) is 0 Å². The van der Waals surface area contributed by atoms with Gasteiger partial charge in [0.15, 0.2) is 0 Å². The third kappa shape index (κ3) is 3.36. The van der Waals surface area contributed by atoms with Crippen LogP contribution in [0.25, 0.3) is 9.88 Å². The van der Waals surface area contributed by atoms with Crippen molar-refractivity contribution < 1.29 is 14.7 Å². The first-order chi connectivity index (χ1) is 10.6. The number of nitrogens with zero attached hydrogens (tertiary/aromatic N) is 1. The van der Waals surface area contributed by atoms with Gasteiger partial charge in [0, 0.05) is 11.4 Å². The van der Waals surface area contributed by atoms with Crippen LogP contribution in [0.4, 0.5) is 0 Å². The number of rotatable bonds is 5. The highest BCUT2D eigenvalue weighted by Crippen LogP contribution is 2.28. The van der Waals surface area contributed by atoms with Gasteiger partial charge in [0.1, 0.15) is 5.01 Å². The zero-order valence-corrected chi connectivity index (χ0v) is 13.5. The first-order valence-corrected chi connectivity index (χ1v) is 8.90. The number of hydrogen-bond donors (Lipinski definition) is 2. The smallest absolute Gasteiger partial charge is 0.308 e. The molecule has 2 N–H and O–H groups in total. The Morgan fingerprint density at radius 3 is 2.95 bits per heavy atom. The number of aliphatic carboxylic acids is 1. The molecule has 1 amide bonds. The monoisotopic (exact) mass is 336 g/mol. The van der Waals surface area contributed by atoms with Crippen LogP contribution < -0.4 is 5.32 Å². The molecule has 0 aliphatic heterocycles. The molecule has 0 unspecified atom stereocenters. The first kappa shape index (κ1) is 15.2. The lowest BCUT2D eigenvalue weighted by Crippen LogP contribution is -2.40. The summed E-state index contributed by atoms with van der Waals surface area (Å²) >= 11 is 3.14. The van der Waals surface area contributed by atoms with Gasteiger partial charge in [-0.2, -0.15) is 0 Å². The standard InChI is InChI=1S/C15H16N2O3S2/c18-13(17-11-4-1-3-10(11)15(19)20)7-9-8-22-14(16-9)12-5-2-6-21-12/h2,5-6,8,10-11H,1,3-4,7H2,(H,17,18)(H,19,20)/t10-,11+/m1/s1. The Bertz CT molecular complexity index is 666. The fourth-order valence-corrected chi connectivity index (χ4v) is 4.39. The van der Waals surface area contributed by atoms with E-state index in [-0.39, 0.29) is 18.4 Å². The van der Waals surface area contributed by atoms with Crippen molar-refractivity contribution >= 4 is 34.6 Å². The molecule has 2 heterocycles. The molecule has 116 valence electrons. The van der Waals surface area contributed by atoms with Gasteiger partial charge in [-0.15, -0.1) is 22.7 Å². The molecule has 1 aliphatic rings. The quantitative estimate of drug-likeness (QED) is 0.880. The molecular weight excluding hydrogens is 320 g/mol. The van der Waals surface area contributed by atoms with E-state index in [4.69, 9.17) is 5.11 Å². The maximum Gasteiger partial charge on any atom is 0.308 e. The summed E-state index contributed by atoms with van der Waals surface area (Å²) in [5.41, 5.74) is 0.732. The van der Waals surface area contributed by atoms with E-state index in [1.807, 2.05) is 22.9 Å². The number of thiazole rings is 1.